The van der Waals surface area contributed by atoms with Gasteiger partial charge in [-0.25, -0.2) is 4.98 Å². The molecule has 2 heterocycles. The lowest BCUT2D eigenvalue weighted by Gasteiger charge is -2.35. The molecule has 1 aliphatic heterocycles. The van der Waals surface area contributed by atoms with E-state index in [1.165, 1.54) is 6.39 Å². The van der Waals surface area contributed by atoms with Gasteiger partial charge in [-0.3, -0.25) is 4.79 Å². The maximum atomic E-state index is 13.8. The van der Waals surface area contributed by atoms with Crippen molar-refractivity contribution in [2.75, 3.05) is 33.4 Å². The number of rotatable bonds is 9. The van der Waals surface area contributed by atoms with E-state index in [9.17, 15) is 4.79 Å². The lowest BCUT2D eigenvalue weighted by molar-refractivity contribution is -0.138. The highest BCUT2D eigenvalue weighted by atomic mass is 16.5. The molecule has 0 aliphatic carbocycles. The standard InChI is InChI=1S/C25H29N3O4/c1-30-22-9-5-6-20(16-22)24(23-17-31-18-27-23)28(25(29)19-10-12-26-13-11-19)14-15-32-21-7-3-2-4-8-21/h2-9,16-19,24,26H,10-15H2,1H3/t24-/m0/s1. The van der Waals surface area contributed by atoms with Crippen molar-refractivity contribution in [3.8, 4) is 11.5 Å². The van der Waals surface area contributed by atoms with Crippen LogP contribution >= 0.6 is 0 Å². The third kappa shape index (κ3) is 5.29. The van der Waals surface area contributed by atoms with E-state index in [0.29, 0.717) is 18.8 Å². The Balaban J connectivity index is 1.64. The molecule has 1 fully saturated rings. The second kappa shape index (κ2) is 10.8. The molecule has 3 aromatic rings. The van der Waals surface area contributed by atoms with Gasteiger partial charge in [0.1, 0.15) is 36.1 Å². The predicted molar refractivity (Wildman–Crippen MR) is 121 cm³/mol. The van der Waals surface area contributed by atoms with Gasteiger partial charge in [0.25, 0.3) is 0 Å². The zero-order valence-electron chi connectivity index (χ0n) is 18.3. The maximum Gasteiger partial charge on any atom is 0.226 e. The van der Waals surface area contributed by atoms with Crippen molar-refractivity contribution in [2.24, 2.45) is 5.92 Å². The molecule has 168 valence electrons. The molecule has 0 spiro atoms. The summed E-state index contributed by atoms with van der Waals surface area (Å²) in [4.78, 5) is 20.0. The summed E-state index contributed by atoms with van der Waals surface area (Å²) in [5.74, 6) is 1.58. The molecular formula is C25H29N3O4. The van der Waals surface area contributed by atoms with Gasteiger partial charge in [-0.2, -0.15) is 0 Å². The van der Waals surface area contributed by atoms with Crippen molar-refractivity contribution in [1.29, 1.82) is 0 Å². The van der Waals surface area contributed by atoms with Crippen LogP contribution < -0.4 is 14.8 Å². The highest BCUT2D eigenvalue weighted by molar-refractivity contribution is 5.80. The lowest BCUT2D eigenvalue weighted by atomic mass is 9.94. The quantitative estimate of drug-likeness (QED) is 0.553. The molecule has 7 nitrogen and oxygen atoms in total. The number of oxazole rings is 1. The van der Waals surface area contributed by atoms with Crippen LogP contribution in [0.4, 0.5) is 0 Å². The van der Waals surface area contributed by atoms with Crippen LogP contribution in [0.15, 0.2) is 71.7 Å². The molecule has 4 rings (SSSR count). The SMILES string of the molecule is COc1cccc([C@@H](c2cocn2)N(CCOc2ccccc2)C(=O)C2CCNCC2)c1. The highest BCUT2D eigenvalue weighted by Gasteiger charge is 2.33. The molecular weight excluding hydrogens is 406 g/mol. The molecule has 1 aliphatic rings. The minimum absolute atomic E-state index is 0.0343. The minimum atomic E-state index is -0.398. The number of piperidine rings is 1. The first-order valence-electron chi connectivity index (χ1n) is 11.0. The maximum absolute atomic E-state index is 13.8. The number of benzene rings is 2. The van der Waals surface area contributed by atoms with Crippen LogP contribution in [0.2, 0.25) is 0 Å². The second-order valence-corrected chi connectivity index (χ2v) is 7.81. The number of nitrogens with one attached hydrogen (secondary N) is 1. The van der Waals surface area contributed by atoms with Crippen LogP contribution in [0.5, 0.6) is 11.5 Å². The predicted octanol–water partition coefficient (Wildman–Crippen LogP) is 3.68. The molecule has 1 N–H and O–H groups in total. The van der Waals surface area contributed by atoms with Crippen molar-refractivity contribution < 1.29 is 18.7 Å². The summed E-state index contributed by atoms with van der Waals surface area (Å²) >= 11 is 0. The summed E-state index contributed by atoms with van der Waals surface area (Å²) in [7, 11) is 1.63. The van der Waals surface area contributed by atoms with Gasteiger partial charge in [0, 0.05) is 5.92 Å². The van der Waals surface area contributed by atoms with E-state index in [4.69, 9.17) is 13.9 Å². The van der Waals surface area contributed by atoms with Gasteiger partial charge in [-0.05, 0) is 55.8 Å². The van der Waals surface area contributed by atoms with E-state index >= 15 is 0 Å². The van der Waals surface area contributed by atoms with E-state index in [1.54, 1.807) is 13.4 Å². The minimum Gasteiger partial charge on any atom is -0.497 e. The molecule has 1 amide bonds. The van der Waals surface area contributed by atoms with Crippen molar-refractivity contribution in [3.63, 3.8) is 0 Å². The second-order valence-electron chi connectivity index (χ2n) is 7.81. The molecule has 1 atom stereocenters. The van der Waals surface area contributed by atoms with Crippen LogP contribution in [-0.2, 0) is 4.79 Å². The molecule has 1 saturated heterocycles. The highest BCUT2D eigenvalue weighted by Crippen LogP contribution is 2.32. The Morgan fingerprint density at radius 2 is 1.94 bits per heavy atom. The average molecular weight is 436 g/mol. The van der Waals surface area contributed by atoms with Crippen molar-refractivity contribution in [1.82, 2.24) is 15.2 Å². The third-order valence-corrected chi connectivity index (χ3v) is 5.77. The molecule has 0 saturated carbocycles. The fourth-order valence-corrected chi connectivity index (χ4v) is 4.13. The molecule has 32 heavy (non-hydrogen) atoms. The van der Waals surface area contributed by atoms with Gasteiger partial charge in [0.05, 0.1) is 13.7 Å². The summed E-state index contributed by atoms with van der Waals surface area (Å²) in [5, 5.41) is 3.34. The fraction of sp³-hybridized carbons (Fsp3) is 0.360. The Bertz CT molecular complexity index is 972. The zero-order valence-corrected chi connectivity index (χ0v) is 18.3. The van der Waals surface area contributed by atoms with Gasteiger partial charge in [-0.1, -0.05) is 30.3 Å². The van der Waals surface area contributed by atoms with Gasteiger partial charge in [0.15, 0.2) is 6.39 Å². The Hall–Kier alpha value is -3.32. The number of carbonyl (C=O) groups is 1. The van der Waals surface area contributed by atoms with Gasteiger partial charge >= 0.3 is 0 Å². The van der Waals surface area contributed by atoms with Crippen LogP contribution in [-0.4, -0.2) is 49.1 Å². The topological polar surface area (TPSA) is 76.8 Å². The number of methoxy groups -OCH3 is 1. The largest absolute Gasteiger partial charge is 0.497 e. The average Bonchev–Trinajstić information content (AvgIpc) is 3.39. The number of amides is 1. The zero-order chi connectivity index (χ0) is 22.2. The van der Waals surface area contributed by atoms with E-state index in [2.05, 4.69) is 10.3 Å². The molecule has 7 heteroatoms. The van der Waals surface area contributed by atoms with Gasteiger partial charge in [0.2, 0.25) is 5.91 Å². The first kappa shape index (κ1) is 21.9. The number of hydrogen-bond donors (Lipinski definition) is 1. The summed E-state index contributed by atoms with van der Waals surface area (Å²) in [6.45, 7) is 2.49. The fourth-order valence-electron chi connectivity index (χ4n) is 4.13. The molecule has 2 aromatic carbocycles. The van der Waals surface area contributed by atoms with Crippen molar-refractivity contribution in [2.45, 2.75) is 18.9 Å². The number of aromatic nitrogens is 1. The molecule has 0 radical (unpaired) electrons. The van der Waals surface area contributed by atoms with E-state index < -0.39 is 6.04 Å². The van der Waals surface area contributed by atoms with E-state index in [1.807, 2.05) is 59.5 Å². The first-order chi connectivity index (χ1) is 15.8. The number of hydrogen-bond acceptors (Lipinski definition) is 6. The summed E-state index contributed by atoms with van der Waals surface area (Å²) in [6, 6.07) is 17.0. The van der Waals surface area contributed by atoms with Crippen LogP contribution in [0, 0.1) is 5.92 Å². The van der Waals surface area contributed by atoms with E-state index in [-0.39, 0.29) is 11.8 Å². The normalized spacial score (nSPS) is 15.2. The Kier molecular flexibility index (Phi) is 7.40. The van der Waals surface area contributed by atoms with Crippen LogP contribution in [0.1, 0.15) is 30.1 Å². The molecule has 1 aromatic heterocycles. The number of para-hydroxylation sites is 1. The van der Waals surface area contributed by atoms with Crippen molar-refractivity contribution >= 4 is 5.91 Å². The van der Waals surface area contributed by atoms with Crippen LogP contribution in [0.3, 0.4) is 0 Å². The number of nitrogens with zero attached hydrogens (tertiary/aromatic N) is 2. The molecule has 0 bridgehead atoms. The van der Waals surface area contributed by atoms with E-state index in [0.717, 1.165) is 43.0 Å². The lowest BCUT2D eigenvalue weighted by Crippen LogP contribution is -2.44. The monoisotopic (exact) mass is 435 g/mol. The van der Waals surface area contributed by atoms with Gasteiger partial charge in [-0.15, -0.1) is 0 Å². The Morgan fingerprint density at radius 3 is 2.66 bits per heavy atom. The Labute approximate surface area is 188 Å². The van der Waals surface area contributed by atoms with Crippen molar-refractivity contribution in [3.05, 3.63) is 78.5 Å². The number of carbonyl (C=O) groups excluding carboxylic acids is 1. The number of ether oxygens (including phenoxy) is 2. The van der Waals surface area contributed by atoms with Gasteiger partial charge < -0.3 is 24.1 Å². The summed E-state index contributed by atoms with van der Waals surface area (Å²) < 4.78 is 16.7. The Morgan fingerprint density at radius 1 is 1.16 bits per heavy atom. The summed E-state index contributed by atoms with van der Waals surface area (Å²) in [6.07, 6.45) is 4.64. The third-order valence-electron chi connectivity index (χ3n) is 5.77. The molecule has 0 unspecified atom stereocenters. The summed E-state index contributed by atoms with van der Waals surface area (Å²) in [5.41, 5.74) is 1.60. The first-order valence-corrected chi connectivity index (χ1v) is 11.0. The van der Waals surface area contributed by atoms with Crippen LogP contribution in [0.25, 0.3) is 0 Å². The smallest absolute Gasteiger partial charge is 0.226 e.